The lowest BCUT2D eigenvalue weighted by atomic mass is 10.0. The van der Waals surface area contributed by atoms with Crippen molar-refractivity contribution in [3.05, 3.63) is 65.5 Å². The van der Waals surface area contributed by atoms with Crippen molar-refractivity contribution in [2.45, 2.75) is 59.0 Å². The number of aryl methyl sites for hydroxylation is 2. The first-order valence-corrected chi connectivity index (χ1v) is 11.6. The van der Waals surface area contributed by atoms with Crippen molar-refractivity contribution >= 4 is 5.97 Å². The molecular weight excluding hydrogens is 418 g/mol. The van der Waals surface area contributed by atoms with E-state index in [4.69, 9.17) is 18.6 Å². The number of rotatable bonds is 13. The Morgan fingerprint density at radius 1 is 1.00 bits per heavy atom. The van der Waals surface area contributed by atoms with E-state index in [9.17, 15) is 4.79 Å². The van der Waals surface area contributed by atoms with Crippen LogP contribution in [0.4, 0.5) is 0 Å². The van der Waals surface area contributed by atoms with Crippen molar-refractivity contribution < 1.29 is 23.4 Å². The number of ether oxygens (including phenoxy) is 3. The highest BCUT2D eigenvalue weighted by molar-refractivity contribution is 5.69. The molecule has 0 atom stereocenters. The molecule has 33 heavy (non-hydrogen) atoms. The summed E-state index contributed by atoms with van der Waals surface area (Å²) in [5.41, 5.74) is 2.91. The SMILES string of the molecule is CCOC(=O)CCCCCCc1ccc(OCc2nc(-c3ccccc3)oc2C)c(OC)c1. The molecule has 0 aliphatic carbocycles. The average Bonchev–Trinajstić information content (AvgIpc) is 3.21. The summed E-state index contributed by atoms with van der Waals surface area (Å²) in [4.78, 5) is 16.0. The fourth-order valence-corrected chi connectivity index (χ4v) is 3.58. The minimum atomic E-state index is -0.102. The number of benzene rings is 2. The average molecular weight is 452 g/mol. The van der Waals surface area contributed by atoms with E-state index < -0.39 is 0 Å². The Morgan fingerprint density at radius 3 is 2.55 bits per heavy atom. The molecule has 1 heterocycles. The molecule has 0 saturated carbocycles. The molecule has 0 unspecified atom stereocenters. The lowest BCUT2D eigenvalue weighted by Gasteiger charge is -2.12. The van der Waals surface area contributed by atoms with Gasteiger partial charge in [-0.3, -0.25) is 4.79 Å². The number of oxazole rings is 1. The predicted molar refractivity (Wildman–Crippen MR) is 127 cm³/mol. The van der Waals surface area contributed by atoms with Crippen LogP contribution in [-0.2, 0) is 22.6 Å². The Morgan fingerprint density at radius 2 is 1.79 bits per heavy atom. The molecule has 0 bridgehead atoms. The lowest BCUT2D eigenvalue weighted by Crippen LogP contribution is -2.03. The molecule has 0 N–H and O–H groups in total. The van der Waals surface area contributed by atoms with Crippen molar-refractivity contribution in [1.82, 2.24) is 4.98 Å². The molecule has 2 aromatic carbocycles. The van der Waals surface area contributed by atoms with E-state index in [1.54, 1.807) is 7.11 Å². The zero-order valence-electron chi connectivity index (χ0n) is 19.8. The van der Waals surface area contributed by atoms with Gasteiger partial charge in [0, 0.05) is 12.0 Å². The number of carbonyl (C=O) groups excluding carboxylic acids is 1. The molecule has 176 valence electrons. The minimum Gasteiger partial charge on any atom is -0.493 e. The summed E-state index contributed by atoms with van der Waals surface area (Å²) in [7, 11) is 1.65. The second-order valence-electron chi connectivity index (χ2n) is 7.88. The zero-order chi connectivity index (χ0) is 23.5. The second kappa shape index (κ2) is 12.7. The van der Waals surface area contributed by atoms with Crippen LogP contribution in [0, 0.1) is 6.92 Å². The molecule has 3 aromatic rings. The molecule has 1 aromatic heterocycles. The van der Waals surface area contributed by atoms with Crippen molar-refractivity contribution in [2.24, 2.45) is 0 Å². The Labute approximate surface area is 195 Å². The molecule has 0 aliphatic heterocycles. The topological polar surface area (TPSA) is 70.8 Å². The van der Waals surface area contributed by atoms with Gasteiger partial charge in [0.05, 0.1) is 13.7 Å². The first kappa shape index (κ1) is 24.4. The van der Waals surface area contributed by atoms with E-state index >= 15 is 0 Å². The van der Waals surface area contributed by atoms with Crippen LogP contribution >= 0.6 is 0 Å². The minimum absolute atomic E-state index is 0.102. The summed E-state index contributed by atoms with van der Waals surface area (Å²) in [5.74, 6) is 2.62. The number of aromatic nitrogens is 1. The van der Waals surface area contributed by atoms with Gasteiger partial charge >= 0.3 is 5.97 Å². The van der Waals surface area contributed by atoms with E-state index in [-0.39, 0.29) is 5.97 Å². The van der Waals surface area contributed by atoms with Gasteiger partial charge < -0.3 is 18.6 Å². The van der Waals surface area contributed by atoms with E-state index in [0.717, 1.165) is 49.1 Å². The van der Waals surface area contributed by atoms with Gasteiger partial charge in [-0.15, -0.1) is 0 Å². The summed E-state index contributed by atoms with van der Waals surface area (Å²) in [6, 6.07) is 15.9. The monoisotopic (exact) mass is 451 g/mol. The molecule has 0 amide bonds. The molecule has 3 rings (SSSR count). The third-order valence-corrected chi connectivity index (χ3v) is 5.41. The van der Waals surface area contributed by atoms with Crippen LogP contribution in [0.15, 0.2) is 52.9 Å². The summed E-state index contributed by atoms with van der Waals surface area (Å²) in [6.45, 7) is 4.48. The van der Waals surface area contributed by atoms with E-state index in [0.29, 0.717) is 37.0 Å². The van der Waals surface area contributed by atoms with Gasteiger partial charge in [0.2, 0.25) is 5.89 Å². The van der Waals surface area contributed by atoms with Gasteiger partial charge in [0.1, 0.15) is 18.1 Å². The van der Waals surface area contributed by atoms with Crippen LogP contribution in [0.1, 0.15) is 56.0 Å². The van der Waals surface area contributed by atoms with Crippen LogP contribution in [0.5, 0.6) is 11.5 Å². The lowest BCUT2D eigenvalue weighted by molar-refractivity contribution is -0.143. The van der Waals surface area contributed by atoms with Gasteiger partial charge in [-0.2, -0.15) is 0 Å². The largest absolute Gasteiger partial charge is 0.493 e. The number of esters is 1. The number of carbonyl (C=O) groups is 1. The normalized spacial score (nSPS) is 10.8. The first-order chi connectivity index (χ1) is 16.1. The fraction of sp³-hybridized carbons (Fsp3) is 0.407. The van der Waals surface area contributed by atoms with Gasteiger partial charge in [-0.1, -0.05) is 37.1 Å². The standard InChI is InChI=1S/C27H33NO5/c1-4-31-26(29)15-11-6-5-8-12-21-16-17-24(25(18-21)30-3)32-19-23-20(2)33-27(28-23)22-13-9-7-10-14-22/h7,9-10,13-14,16-18H,4-6,8,11-12,15,19H2,1-3H3. The Bertz CT molecular complexity index is 1010. The van der Waals surface area contributed by atoms with Crippen LogP contribution in [0.3, 0.4) is 0 Å². The van der Waals surface area contributed by atoms with Crippen molar-refractivity contribution in [2.75, 3.05) is 13.7 Å². The zero-order valence-corrected chi connectivity index (χ0v) is 19.8. The fourth-order valence-electron chi connectivity index (χ4n) is 3.58. The van der Waals surface area contributed by atoms with Crippen LogP contribution in [0.2, 0.25) is 0 Å². The third kappa shape index (κ3) is 7.38. The molecule has 0 spiro atoms. The van der Waals surface area contributed by atoms with Crippen LogP contribution in [-0.4, -0.2) is 24.7 Å². The Kier molecular flexibility index (Phi) is 9.36. The summed E-state index contributed by atoms with van der Waals surface area (Å²) in [5, 5.41) is 0. The quantitative estimate of drug-likeness (QED) is 0.225. The van der Waals surface area contributed by atoms with Crippen LogP contribution < -0.4 is 9.47 Å². The van der Waals surface area contributed by atoms with Crippen LogP contribution in [0.25, 0.3) is 11.5 Å². The van der Waals surface area contributed by atoms with Crippen molar-refractivity contribution in [3.8, 4) is 23.0 Å². The Hall–Kier alpha value is -3.28. The van der Waals surface area contributed by atoms with E-state index in [1.165, 1.54) is 5.56 Å². The number of methoxy groups -OCH3 is 1. The number of unbranched alkanes of at least 4 members (excludes halogenated alkanes) is 3. The highest BCUT2D eigenvalue weighted by atomic mass is 16.5. The molecule has 6 heteroatoms. The van der Waals surface area contributed by atoms with Gasteiger partial charge in [0.15, 0.2) is 11.5 Å². The van der Waals surface area contributed by atoms with Crippen molar-refractivity contribution in [3.63, 3.8) is 0 Å². The smallest absolute Gasteiger partial charge is 0.305 e. The number of hydrogen-bond donors (Lipinski definition) is 0. The molecule has 6 nitrogen and oxygen atoms in total. The maximum atomic E-state index is 11.4. The van der Waals surface area contributed by atoms with Gasteiger partial charge in [-0.25, -0.2) is 4.98 Å². The molecule has 0 radical (unpaired) electrons. The highest BCUT2D eigenvalue weighted by Gasteiger charge is 2.13. The van der Waals surface area contributed by atoms with E-state index in [1.807, 2.05) is 56.3 Å². The maximum Gasteiger partial charge on any atom is 0.305 e. The van der Waals surface area contributed by atoms with Gasteiger partial charge in [-0.05, 0) is 62.9 Å². The molecule has 0 saturated heterocycles. The molecule has 0 fully saturated rings. The van der Waals surface area contributed by atoms with E-state index in [2.05, 4.69) is 11.1 Å². The summed E-state index contributed by atoms with van der Waals surface area (Å²) in [6.07, 6.45) is 5.51. The highest BCUT2D eigenvalue weighted by Crippen LogP contribution is 2.30. The molecular formula is C27H33NO5. The summed E-state index contributed by atoms with van der Waals surface area (Å²) >= 11 is 0. The third-order valence-electron chi connectivity index (χ3n) is 5.41. The Balaban J connectivity index is 1.49. The molecule has 0 aliphatic rings. The second-order valence-corrected chi connectivity index (χ2v) is 7.88. The number of hydrogen-bond acceptors (Lipinski definition) is 6. The predicted octanol–water partition coefficient (Wildman–Crippen LogP) is 6.29. The first-order valence-electron chi connectivity index (χ1n) is 11.6. The number of nitrogens with zero attached hydrogens (tertiary/aromatic N) is 1. The van der Waals surface area contributed by atoms with Gasteiger partial charge in [0.25, 0.3) is 0 Å². The maximum absolute atomic E-state index is 11.4. The van der Waals surface area contributed by atoms with Crippen molar-refractivity contribution in [1.29, 1.82) is 0 Å². The summed E-state index contributed by atoms with van der Waals surface area (Å²) < 4.78 is 22.3.